The Labute approximate surface area is 155 Å². The summed E-state index contributed by atoms with van der Waals surface area (Å²) in [6, 6.07) is 12.8. The van der Waals surface area contributed by atoms with Crippen molar-refractivity contribution in [2.24, 2.45) is 5.10 Å². The van der Waals surface area contributed by atoms with Gasteiger partial charge >= 0.3 is 0 Å². The molecule has 2 aromatic carbocycles. The number of hydrogen-bond donors (Lipinski definition) is 1. The van der Waals surface area contributed by atoms with Crippen LogP contribution in [0.2, 0.25) is 5.02 Å². The van der Waals surface area contributed by atoms with E-state index in [1.54, 1.807) is 18.3 Å². The van der Waals surface area contributed by atoms with Crippen LogP contribution in [-0.4, -0.2) is 18.2 Å². The van der Waals surface area contributed by atoms with Crippen LogP contribution in [0.1, 0.15) is 25.0 Å². The maximum atomic E-state index is 11.8. The maximum Gasteiger partial charge on any atom is 0.244 e. The van der Waals surface area contributed by atoms with E-state index in [1.807, 2.05) is 44.2 Å². The van der Waals surface area contributed by atoms with Gasteiger partial charge in [-0.2, -0.15) is 5.10 Å². The van der Waals surface area contributed by atoms with Crippen molar-refractivity contribution in [1.29, 1.82) is 0 Å². The summed E-state index contributed by atoms with van der Waals surface area (Å²) in [7, 11) is 0. The van der Waals surface area contributed by atoms with E-state index in [-0.39, 0.29) is 18.4 Å². The quantitative estimate of drug-likeness (QED) is 0.561. The van der Waals surface area contributed by atoms with Gasteiger partial charge in [-0.15, -0.1) is 0 Å². The molecule has 0 atom stereocenters. The Morgan fingerprint density at radius 2 is 2.00 bits per heavy atom. The molecular formula is C18H18BrClN2O2. The largest absolute Gasteiger partial charge is 0.490 e. The number of hydrazone groups is 1. The molecule has 0 aliphatic carbocycles. The van der Waals surface area contributed by atoms with E-state index in [0.29, 0.717) is 5.02 Å². The van der Waals surface area contributed by atoms with Gasteiger partial charge in [0.1, 0.15) is 5.75 Å². The van der Waals surface area contributed by atoms with Gasteiger partial charge in [-0.05, 0) is 71.2 Å². The van der Waals surface area contributed by atoms with Crippen LogP contribution in [0.15, 0.2) is 52.0 Å². The molecule has 2 rings (SSSR count). The fourth-order valence-electron chi connectivity index (χ4n) is 1.95. The van der Waals surface area contributed by atoms with E-state index in [2.05, 4.69) is 26.5 Å². The van der Waals surface area contributed by atoms with E-state index < -0.39 is 0 Å². The third-order valence-electron chi connectivity index (χ3n) is 3.00. The lowest BCUT2D eigenvalue weighted by Crippen LogP contribution is -2.19. The first kappa shape index (κ1) is 18.5. The number of nitrogens with zero attached hydrogens (tertiary/aromatic N) is 1. The van der Waals surface area contributed by atoms with Crippen LogP contribution in [-0.2, 0) is 11.2 Å². The van der Waals surface area contributed by atoms with Gasteiger partial charge in [-0.3, -0.25) is 4.79 Å². The topological polar surface area (TPSA) is 50.7 Å². The molecule has 0 unspecified atom stereocenters. The molecule has 0 aromatic heterocycles. The van der Waals surface area contributed by atoms with Gasteiger partial charge in [0.15, 0.2) is 0 Å². The lowest BCUT2D eigenvalue weighted by atomic mass is 10.1. The second-order valence-corrected chi connectivity index (χ2v) is 6.74. The minimum Gasteiger partial charge on any atom is -0.490 e. The zero-order chi connectivity index (χ0) is 17.5. The molecule has 0 bridgehead atoms. The molecule has 0 radical (unpaired) electrons. The molecule has 0 saturated heterocycles. The number of nitrogens with one attached hydrogen (secondary N) is 1. The molecule has 0 heterocycles. The van der Waals surface area contributed by atoms with Crippen LogP contribution < -0.4 is 10.2 Å². The number of rotatable bonds is 6. The number of ether oxygens (including phenoxy) is 1. The lowest BCUT2D eigenvalue weighted by molar-refractivity contribution is -0.120. The van der Waals surface area contributed by atoms with E-state index in [1.165, 1.54) is 0 Å². The minimum absolute atomic E-state index is 0.105. The fraction of sp³-hybridized carbons (Fsp3) is 0.222. The molecular weight excluding hydrogens is 392 g/mol. The predicted molar refractivity (Wildman–Crippen MR) is 101 cm³/mol. The number of amides is 1. The summed E-state index contributed by atoms with van der Waals surface area (Å²) in [5.74, 6) is 0.585. The molecule has 6 heteroatoms. The van der Waals surface area contributed by atoms with Crippen LogP contribution in [0.25, 0.3) is 0 Å². The van der Waals surface area contributed by atoms with E-state index in [9.17, 15) is 4.79 Å². The van der Waals surface area contributed by atoms with Crippen LogP contribution in [0.3, 0.4) is 0 Å². The van der Waals surface area contributed by atoms with Crippen molar-refractivity contribution >= 4 is 39.7 Å². The molecule has 0 fully saturated rings. The zero-order valence-electron chi connectivity index (χ0n) is 13.4. The number of hydrogen-bond acceptors (Lipinski definition) is 3. The number of benzene rings is 2. The van der Waals surface area contributed by atoms with E-state index in [0.717, 1.165) is 21.3 Å². The average Bonchev–Trinajstić information content (AvgIpc) is 2.52. The number of carbonyl (C=O) groups excluding carboxylic acids is 1. The zero-order valence-corrected chi connectivity index (χ0v) is 15.8. The Hall–Kier alpha value is -1.85. The van der Waals surface area contributed by atoms with Gasteiger partial charge in [-0.25, -0.2) is 5.43 Å². The van der Waals surface area contributed by atoms with Gasteiger partial charge < -0.3 is 4.74 Å². The van der Waals surface area contributed by atoms with Crippen molar-refractivity contribution in [3.8, 4) is 5.75 Å². The lowest BCUT2D eigenvalue weighted by Gasteiger charge is -2.11. The summed E-state index contributed by atoms with van der Waals surface area (Å²) in [4.78, 5) is 11.8. The highest BCUT2D eigenvalue weighted by Gasteiger charge is 2.04. The SMILES string of the molecule is CC(C)Oc1ccc(/C=N\NC(=O)Cc2ccc(Cl)cc2)cc1Br. The van der Waals surface area contributed by atoms with Crippen LogP contribution in [0.5, 0.6) is 5.75 Å². The second-order valence-electron chi connectivity index (χ2n) is 5.45. The van der Waals surface area contributed by atoms with Gasteiger partial charge in [0.25, 0.3) is 0 Å². The van der Waals surface area contributed by atoms with Crippen molar-refractivity contribution in [3.63, 3.8) is 0 Å². The minimum atomic E-state index is -0.188. The molecule has 24 heavy (non-hydrogen) atoms. The highest BCUT2D eigenvalue weighted by atomic mass is 79.9. The summed E-state index contributed by atoms with van der Waals surface area (Å²) >= 11 is 9.28. The first-order valence-electron chi connectivity index (χ1n) is 7.46. The Balaban J connectivity index is 1.90. The smallest absolute Gasteiger partial charge is 0.244 e. The van der Waals surface area contributed by atoms with Gasteiger partial charge in [0, 0.05) is 5.02 Å². The molecule has 126 valence electrons. The first-order chi connectivity index (χ1) is 11.4. The Morgan fingerprint density at radius 1 is 1.29 bits per heavy atom. The summed E-state index contributed by atoms with van der Waals surface area (Å²) in [5.41, 5.74) is 4.24. The summed E-state index contributed by atoms with van der Waals surface area (Å²) < 4.78 is 6.49. The Bertz CT molecular complexity index is 730. The summed E-state index contributed by atoms with van der Waals surface area (Å²) in [6.45, 7) is 3.94. The first-order valence-corrected chi connectivity index (χ1v) is 8.63. The van der Waals surface area contributed by atoms with Crippen molar-refractivity contribution in [2.75, 3.05) is 0 Å². The molecule has 1 amide bonds. The van der Waals surface area contributed by atoms with Crippen molar-refractivity contribution < 1.29 is 9.53 Å². The molecule has 2 aromatic rings. The molecule has 0 spiro atoms. The molecule has 0 aliphatic heterocycles. The predicted octanol–water partition coefficient (Wildman–Crippen LogP) is 4.58. The molecule has 0 aliphatic rings. The van der Waals surface area contributed by atoms with E-state index in [4.69, 9.17) is 16.3 Å². The summed E-state index contributed by atoms with van der Waals surface area (Å²) in [5, 5.41) is 4.62. The van der Waals surface area contributed by atoms with Crippen LogP contribution in [0, 0.1) is 0 Å². The third kappa shape index (κ3) is 5.98. The Kier molecular flexibility index (Phi) is 6.82. The second kappa shape index (κ2) is 8.85. The fourth-order valence-corrected chi connectivity index (χ4v) is 2.57. The van der Waals surface area contributed by atoms with Gasteiger partial charge in [-0.1, -0.05) is 23.7 Å². The van der Waals surface area contributed by atoms with Crippen molar-refractivity contribution in [2.45, 2.75) is 26.4 Å². The number of halogens is 2. The highest BCUT2D eigenvalue weighted by molar-refractivity contribution is 9.10. The highest BCUT2D eigenvalue weighted by Crippen LogP contribution is 2.26. The van der Waals surface area contributed by atoms with Gasteiger partial charge in [0.2, 0.25) is 5.91 Å². The molecule has 4 nitrogen and oxygen atoms in total. The van der Waals surface area contributed by atoms with Crippen molar-refractivity contribution in [3.05, 3.63) is 63.1 Å². The molecule has 1 N–H and O–H groups in total. The van der Waals surface area contributed by atoms with Crippen LogP contribution in [0.4, 0.5) is 0 Å². The Morgan fingerprint density at radius 3 is 2.62 bits per heavy atom. The standard InChI is InChI=1S/C18H18BrClN2O2/c1-12(2)24-17-8-5-14(9-16(17)19)11-21-22-18(23)10-13-3-6-15(20)7-4-13/h3-9,11-12H,10H2,1-2H3,(H,22,23)/b21-11-. The van der Waals surface area contributed by atoms with Crippen molar-refractivity contribution in [1.82, 2.24) is 5.43 Å². The molecule has 0 saturated carbocycles. The average molecular weight is 410 g/mol. The monoisotopic (exact) mass is 408 g/mol. The third-order valence-corrected chi connectivity index (χ3v) is 3.87. The van der Waals surface area contributed by atoms with Crippen LogP contribution >= 0.6 is 27.5 Å². The number of carbonyl (C=O) groups is 1. The van der Waals surface area contributed by atoms with E-state index >= 15 is 0 Å². The van der Waals surface area contributed by atoms with Gasteiger partial charge in [0.05, 0.1) is 23.2 Å². The summed E-state index contributed by atoms with van der Waals surface area (Å²) in [6.07, 6.45) is 1.94. The maximum absolute atomic E-state index is 11.8. The normalized spacial score (nSPS) is 11.0.